The van der Waals surface area contributed by atoms with E-state index >= 15 is 0 Å². The summed E-state index contributed by atoms with van der Waals surface area (Å²) in [5.41, 5.74) is 1.17. The number of piperidine rings is 1. The number of nitrogens with one attached hydrogen (secondary N) is 1. The van der Waals surface area contributed by atoms with E-state index in [1.165, 1.54) is 11.8 Å². The standard InChI is InChI=1S/C17H20N4O3/c22-17(20-16-8-18-3-4-19-16)14-7-13-1-5-21(10-15(13)24-14)9-12-2-6-23-11-12/h2-4,6,8,11,13-15H,1,5,7,9-10H2,(H,19,20,22)/t13-,14+,15+/m0/s1. The summed E-state index contributed by atoms with van der Waals surface area (Å²) in [6.07, 6.45) is 9.67. The van der Waals surface area contributed by atoms with Gasteiger partial charge in [0.2, 0.25) is 0 Å². The second-order valence-corrected chi connectivity index (χ2v) is 6.39. The topological polar surface area (TPSA) is 80.5 Å². The van der Waals surface area contributed by atoms with Crippen LogP contribution < -0.4 is 5.32 Å². The third-order valence-electron chi connectivity index (χ3n) is 4.73. The first kappa shape index (κ1) is 15.3. The van der Waals surface area contributed by atoms with Gasteiger partial charge in [-0.1, -0.05) is 0 Å². The van der Waals surface area contributed by atoms with E-state index in [-0.39, 0.29) is 12.0 Å². The van der Waals surface area contributed by atoms with E-state index in [2.05, 4.69) is 20.2 Å². The van der Waals surface area contributed by atoms with E-state index in [0.29, 0.717) is 11.7 Å². The average molecular weight is 328 g/mol. The highest BCUT2D eigenvalue weighted by molar-refractivity contribution is 5.93. The van der Waals surface area contributed by atoms with Gasteiger partial charge >= 0.3 is 0 Å². The first-order chi connectivity index (χ1) is 11.8. The first-order valence-corrected chi connectivity index (χ1v) is 8.24. The third-order valence-corrected chi connectivity index (χ3v) is 4.73. The second kappa shape index (κ2) is 6.70. The van der Waals surface area contributed by atoms with Crippen LogP contribution in [-0.4, -0.2) is 46.1 Å². The smallest absolute Gasteiger partial charge is 0.254 e. The van der Waals surface area contributed by atoms with E-state index in [1.54, 1.807) is 24.9 Å². The molecule has 0 bridgehead atoms. The van der Waals surface area contributed by atoms with Gasteiger partial charge in [0.05, 0.1) is 24.8 Å². The van der Waals surface area contributed by atoms with Gasteiger partial charge in [0.25, 0.3) is 5.91 Å². The number of aromatic nitrogens is 2. The van der Waals surface area contributed by atoms with Crippen LogP contribution in [0.2, 0.25) is 0 Å². The molecule has 2 fully saturated rings. The predicted molar refractivity (Wildman–Crippen MR) is 86.0 cm³/mol. The number of hydrogen-bond acceptors (Lipinski definition) is 6. The van der Waals surface area contributed by atoms with Crippen molar-refractivity contribution in [3.63, 3.8) is 0 Å². The minimum atomic E-state index is -0.407. The Labute approximate surface area is 140 Å². The van der Waals surface area contributed by atoms with Crippen LogP contribution in [0.15, 0.2) is 41.6 Å². The lowest BCUT2D eigenvalue weighted by molar-refractivity contribution is -0.127. The maximum Gasteiger partial charge on any atom is 0.254 e. The summed E-state index contributed by atoms with van der Waals surface area (Å²) in [6.45, 7) is 2.73. The zero-order chi connectivity index (χ0) is 16.4. The predicted octanol–water partition coefficient (Wildman–Crippen LogP) is 1.69. The van der Waals surface area contributed by atoms with Gasteiger partial charge in [0, 0.05) is 31.0 Å². The number of ether oxygens (including phenoxy) is 1. The molecule has 4 heterocycles. The fraction of sp³-hybridized carbons (Fsp3) is 0.471. The van der Waals surface area contributed by atoms with Crippen molar-refractivity contribution in [1.29, 1.82) is 0 Å². The zero-order valence-electron chi connectivity index (χ0n) is 13.3. The Hall–Kier alpha value is -2.25. The van der Waals surface area contributed by atoms with Crippen LogP contribution in [0.5, 0.6) is 0 Å². The molecule has 3 atom stereocenters. The van der Waals surface area contributed by atoms with Crippen LogP contribution in [0.25, 0.3) is 0 Å². The van der Waals surface area contributed by atoms with Gasteiger partial charge < -0.3 is 14.5 Å². The monoisotopic (exact) mass is 328 g/mol. The van der Waals surface area contributed by atoms with Crippen LogP contribution in [0.3, 0.4) is 0 Å². The molecule has 1 N–H and O–H groups in total. The highest BCUT2D eigenvalue weighted by atomic mass is 16.5. The highest BCUT2D eigenvalue weighted by Gasteiger charge is 2.41. The van der Waals surface area contributed by atoms with Crippen molar-refractivity contribution in [2.45, 2.75) is 31.6 Å². The summed E-state index contributed by atoms with van der Waals surface area (Å²) < 4.78 is 11.1. The Morgan fingerprint density at radius 2 is 2.38 bits per heavy atom. The van der Waals surface area contributed by atoms with Crippen molar-refractivity contribution in [2.24, 2.45) is 5.92 Å². The molecule has 0 spiro atoms. The molecular formula is C17H20N4O3. The van der Waals surface area contributed by atoms with Crippen LogP contribution >= 0.6 is 0 Å². The molecule has 2 saturated heterocycles. The number of rotatable bonds is 4. The first-order valence-electron chi connectivity index (χ1n) is 8.24. The maximum absolute atomic E-state index is 12.4. The van der Waals surface area contributed by atoms with Crippen molar-refractivity contribution in [3.8, 4) is 0 Å². The van der Waals surface area contributed by atoms with Gasteiger partial charge in [-0.2, -0.15) is 0 Å². The lowest BCUT2D eigenvalue weighted by Crippen LogP contribution is -2.41. The molecule has 2 aliphatic rings. The van der Waals surface area contributed by atoms with Gasteiger partial charge in [-0.15, -0.1) is 0 Å². The molecule has 1 amide bonds. The van der Waals surface area contributed by atoms with E-state index in [4.69, 9.17) is 9.15 Å². The van der Waals surface area contributed by atoms with E-state index in [1.807, 2.05) is 6.07 Å². The lowest BCUT2D eigenvalue weighted by atomic mass is 9.91. The molecule has 2 aromatic heterocycles. The normalized spacial score (nSPS) is 26.9. The number of fused-ring (bicyclic) bond motifs is 1. The zero-order valence-corrected chi connectivity index (χ0v) is 13.3. The van der Waals surface area contributed by atoms with Crippen molar-refractivity contribution in [2.75, 3.05) is 18.4 Å². The summed E-state index contributed by atoms with van der Waals surface area (Å²) in [4.78, 5) is 22.7. The van der Waals surface area contributed by atoms with Gasteiger partial charge in [0.15, 0.2) is 5.82 Å². The van der Waals surface area contributed by atoms with Crippen molar-refractivity contribution >= 4 is 11.7 Å². The highest BCUT2D eigenvalue weighted by Crippen LogP contribution is 2.34. The summed E-state index contributed by atoms with van der Waals surface area (Å²) in [7, 11) is 0. The average Bonchev–Trinajstić information content (AvgIpc) is 3.25. The molecule has 7 heteroatoms. The Bertz CT molecular complexity index is 676. The number of anilines is 1. The van der Waals surface area contributed by atoms with Gasteiger partial charge in [-0.25, -0.2) is 4.98 Å². The van der Waals surface area contributed by atoms with Crippen molar-refractivity contribution < 1.29 is 13.9 Å². The molecule has 0 saturated carbocycles. The fourth-order valence-corrected chi connectivity index (χ4v) is 3.52. The number of hydrogen-bond donors (Lipinski definition) is 1. The summed E-state index contributed by atoms with van der Waals surface area (Å²) in [6, 6.07) is 1.98. The minimum absolute atomic E-state index is 0.114. The van der Waals surface area contributed by atoms with Gasteiger partial charge in [-0.3, -0.25) is 14.7 Å². The summed E-state index contributed by atoms with van der Waals surface area (Å²) >= 11 is 0. The van der Waals surface area contributed by atoms with Gasteiger partial charge in [-0.05, 0) is 31.4 Å². The Kier molecular flexibility index (Phi) is 4.27. The SMILES string of the molecule is O=C(Nc1cnccn1)[C@H]1C[C@@H]2CCN(Cc3ccoc3)C[C@H]2O1. The van der Waals surface area contributed by atoms with Gasteiger partial charge in [0.1, 0.15) is 6.10 Å². The number of furan rings is 1. The molecule has 0 unspecified atom stereocenters. The molecule has 4 rings (SSSR count). The second-order valence-electron chi connectivity index (χ2n) is 6.39. The molecule has 0 aliphatic carbocycles. The molecule has 2 aliphatic heterocycles. The number of likely N-dealkylation sites (tertiary alicyclic amines) is 1. The quantitative estimate of drug-likeness (QED) is 0.920. The molecule has 7 nitrogen and oxygen atoms in total. The lowest BCUT2D eigenvalue weighted by Gasteiger charge is -2.33. The van der Waals surface area contributed by atoms with Crippen molar-refractivity contribution in [3.05, 3.63) is 42.7 Å². The Balaban J connectivity index is 1.33. The molecule has 0 aromatic carbocycles. The summed E-state index contributed by atoms with van der Waals surface area (Å²) in [5, 5.41) is 2.78. The molecule has 24 heavy (non-hydrogen) atoms. The van der Waals surface area contributed by atoms with Crippen LogP contribution in [0.1, 0.15) is 18.4 Å². The molecule has 0 radical (unpaired) electrons. The molecular weight excluding hydrogens is 308 g/mol. The van der Waals surface area contributed by atoms with Crippen LogP contribution in [0.4, 0.5) is 5.82 Å². The molecule has 2 aromatic rings. The largest absolute Gasteiger partial charge is 0.472 e. The van der Waals surface area contributed by atoms with E-state index in [0.717, 1.165) is 32.5 Å². The van der Waals surface area contributed by atoms with Crippen LogP contribution in [0, 0.1) is 5.92 Å². The molecule has 126 valence electrons. The Morgan fingerprint density at radius 1 is 1.42 bits per heavy atom. The fourth-order valence-electron chi connectivity index (χ4n) is 3.52. The van der Waals surface area contributed by atoms with E-state index < -0.39 is 6.10 Å². The maximum atomic E-state index is 12.4. The number of carbonyl (C=O) groups excluding carboxylic acids is 1. The number of amides is 1. The third kappa shape index (κ3) is 3.32. The van der Waals surface area contributed by atoms with Crippen molar-refractivity contribution in [1.82, 2.24) is 14.9 Å². The van der Waals surface area contributed by atoms with Crippen LogP contribution in [-0.2, 0) is 16.1 Å². The summed E-state index contributed by atoms with van der Waals surface area (Å²) in [5.74, 6) is 0.775. The number of nitrogens with zero attached hydrogens (tertiary/aromatic N) is 3. The Morgan fingerprint density at radius 3 is 3.17 bits per heavy atom. The minimum Gasteiger partial charge on any atom is -0.472 e. The van der Waals surface area contributed by atoms with E-state index in [9.17, 15) is 4.79 Å². The number of carbonyl (C=O) groups is 1.